The van der Waals surface area contributed by atoms with Crippen molar-refractivity contribution >= 4 is 5.91 Å². The molecule has 2 aromatic carbocycles. The van der Waals surface area contributed by atoms with E-state index in [1.807, 2.05) is 30.3 Å². The van der Waals surface area contributed by atoms with Crippen molar-refractivity contribution in [3.05, 3.63) is 59.7 Å². The van der Waals surface area contributed by atoms with Gasteiger partial charge in [-0.25, -0.2) is 0 Å². The van der Waals surface area contributed by atoms with Crippen LogP contribution in [0.4, 0.5) is 0 Å². The number of fused-ring (bicyclic) bond motifs is 1. The van der Waals surface area contributed by atoms with Crippen molar-refractivity contribution < 1.29 is 14.3 Å². The maximum Gasteiger partial charge on any atom is 0.231 e. The van der Waals surface area contributed by atoms with Crippen LogP contribution in [0.2, 0.25) is 0 Å². The van der Waals surface area contributed by atoms with E-state index in [9.17, 15) is 4.79 Å². The lowest BCUT2D eigenvalue weighted by Gasteiger charge is -2.24. The minimum Gasteiger partial charge on any atom is -0.454 e. The van der Waals surface area contributed by atoms with Gasteiger partial charge in [-0.15, -0.1) is 0 Å². The zero-order valence-corrected chi connectivity index (χ0v) is 15.0. The van der Waals surface area contributed by atoms with E-state index in [0.717, 1.165) is 48.6 Å². The van der Waals surface area contributed by atoms with E-state index in [0.29, 0.717) is 6.42 Å². The monoisotopic (exact) mass is 351 g/mol. The van der Waals surface area contributed by atoms with Crippen molar-refractivity contribution in [3.8, 4) is 11.5 Å². The first-order valence-corrected chi connectivity index (χ1v) is 9.53. The van der Waals surface area contributed by atoms with Crippen LogP contribution in [-0.2, 0) is 4.79 Å². The lowest BCUT2D eigenvalue weighted by Crippen LogP contribution is -2.33. The molecular formula is C22H25NO3. The van der Waals surface area contributed by atoms with Gasteiger partial charge < -0.3 is 14.4 Å². The first-order valence-electron chi connectivity index (χ1n) is 9.53. The lowest BCUT2D eigenvalue weighted by atomic mass is 9.88. The summed E-state index contributed by atoms with van der Waals surface area (Å²) in [6.07, 6.45) is 5.18. The number of benzene rings is 2. The Morgan fingerprint density at radius 1 is 0.885 bits per heavy atom. The minimum absolute atomic E-state index is 0.0291. The van der Waals surface area contributed by atoms with Gasteiger partial charge in [0.1, 0.15) is 0 Å². The van der Waals surface area contributed by atoms with Crippen LogP contribution in [0.25, 0.3) is 0 Å². The normalized spacial score (nSPS) is 17.6. The fraction of sp³-hybridized carbons (Fsp3) is 0.409. The summed E-state index contributed by atoms with van der Waals surface area (Å²) in [7, 11) is 0. The Kier molecular flexibility index (Phi) is 5.09. The second-order valence-electron chi connectivity index (χ2n) is 7.08. The number of amides is 1. The van der Waals surface area contributed by atoms with Gasteiger partial charge in [0.25, 0.3) is 0 Å². The smallest absolute Gasteiger partial charge is 0.231 e. The molecule has 0 N–H and O–H groups in total. The van der Waals surface area contributed by atoms with Crippen LogP contribution in [0, 0.1) is 0 Å². The highest BCUT2D eigenvalue weighted by Gasteiger charge is 2.24. The Morgan fingerprint density at radius 2 is 1.62 bits per heavy atom. The van der Waals surface area contributed by atoms with E-state index < -0.39 is 0 Å². The van der Waals surface area contributed by atoms with Crippen LogP contribution in [-0.4, -0.2) is 30.7 Å². The second-order valence-corrected chi connectivity index (χ2v) is 7.08. The molecular weight excluding hydrogens is 326 g/mol. The first kappa shape index (κ1) is 17.0. The summed E-state index contributed by atoms with van der Waals surface area (Å²) < 4.78 is 11.0. The third-order valence-corrected chi connectivity index (χ3v) is 5.34. The van der Waals surface area contributed by atoms with Crippen LogP contribution < -0.4 is 9.47 Å². The molecule has 1 amide bonds. The van der Waals surface area contributed by atoms with Crippen molar-refractivity contribution in [2.75, 3.05) is 19.9 Å². The van der Waals surface area contributed by atoms with Crippen molar-refractivity contribution in [1.29, 1.82) is 0 Å². The summed E-state index contributed by atoms with van der Waals surface area (Å²) in [5.41, 5.74) is 2.26. The van der Waals surface area contributed by atoms with E-state index in [1.54, 1.807) is 0 Å². The Hall–Kier alpha value is -2.49. The maximum absolute atomic E-state index is 13.0. The Morgan fingerprint density at radius 3 is 2.38 bits per heavy atom. The highest BCUT2D eigenvalue weighted by Crippen LogP contribution is 2.37. The summed E-state index contributed by atoms with van der Waals surface area (Å²) in [5.74, 6) is 1.82. The Bertz CT molecular complexity index is 751. The van der Waals surface area contributed by atoms with Crippen LogP contribution >= 0.6 is 0 Å². The average molecular weight is 351 g/mol. The van der Waals surface area contributed by atoms with Gasteiger partial charge in [0.05, 0.1) is 0 Å². The average Bonchev–Trinajstić information content (AvgIpc) is 2.98. The fourth-order valence-corrected chi connectivity index (χ4v) is 3.87. The van der Waals surface area contributed by atoms with Gasteiger partial charge in [0.2, 0.25) is 12.7 Å². The molecule has 2 aromatic rings. The van der Waals surface area contributed by atoms with Crippen LogP contribution in [0.1, 0.15) is 49.1 Å². The van der Waals surface area contributed by atoms with E-state index in [1.165, 1.54) is 12.8 Å². The van der Waals surface area contributed by atoms with Crippen molar-refractivity contribution in [2.45, 2.75) is 38.0 Å². The minimum atomic E-state index is 0.0291. The number of hydrogen-bond acceptors (Lipinski definition) is 3. The molecule has 2 aliphatic heterocycles. The molecule has 2 heterocycles. The molecule has 4 nitrogen and oxygen atoms in total. The lowest BCUT2D eigenvalue weighted by molar-refractivity contribution is -0.131. The standard InChI is InChI=1S/C22H25NO3/c24-22(23-12-6-1-2-7-13-23)15-19(17-8-4-3-5-9-17)18-10-11-20-21(14-18)26-16-25-20/h3-5,8-11,14,19H,1-2,6-7,12-13,15-16H2/t19-/m0/s1. The number of hydrogen-bond donors (Lipinski definition) is 0. The second kappa shape index (κ2) is 7.81. The van der Waals surface area contributed by atoms with Crippen LogP contribution in [0.15, 0.2) is 48.5 Å². The molecule has 0 bridgehead atoms. The number of carbonyl (C=O) groups excluding carboxylic acids is 1. The largest absolute Gasteiger partial charge is 0.454 e. The molecule has 1 saturated heterocycles. The number of ether oxygens (including phenoxy) is 2. The van der Waals surface area contributed by atoms with Crippen LogP contribution in [0.3, 0.4) is 0 Å². The molecule has 4 heteroatoms. The van der Waals surface area contributed by atoms with Gasteiger partial charge in [-0.2, -0.15) is 0 Å². The summed E-state index contributed by atoms with van der Waals surface area (Å²) in [4.78, 5) is 15.1. The van der Waals surface area contributed by atoms with Gasteiger partial charge in [-0.05, 0) is 36.1 Å². The molecule has 0 spiro atoms. The van der Waals surface area contributed by atoms with E-state index in [-0.39, 0.29) is 18.6 Å². The predicted molar refractivity (Wildman–Crippen MR) is 101 cm³/mol. The summed E-state index contributed by atoms with van der Waals surface area (Å²) >= 11 is 0. The summed E-state index contributed by atoms with van der Waals surface area (Å²) in [6.45, 7) is 2.05. The SMILES string of the molecule is O=C(C[C@@H](c1ccccc1)c1ccc2c(c1)OCO2)N1CCCCCC1. The van der Waals surface area contributed by atoms with Crippen molar-refractivity contribution in [1.82, 2.24) is 4.90 Å². The van der Waals surface area contributed by atoms with Gasteiger partial charge in [-0.3, -0.25) is 4.79 Å². The quantitative estimate of drug-likeness (QED) is 0.822. The molecule has 0 aromatic heterocycles. The van der Waals surface area contributed by atoms with E-state index >= 15 is 0 Å². The van der Waals surface area contributed by atoms with E-state index in [4.69, 9.17) is 9.47 Å². The first-order chi connectivity index (χ1) is 12.8. The summed E-state index contributed by atoms with van der Waals surface area (Å²) in [6, 6.07) is 16.3. The van der Waals surface area contributed by atoms with Gasteiger partial charge in [0.15, 0.2) is 11.5 Å². The molecule has 0 aliphatic carbocycles. The van der Waals surface area contributed by atoms with E-state index in [2.05, 4.69) is 23.1 Å². The van der Waals surface area contributed by atoms with Crippen molar-refractivity contribution in [2.24, 2.45) is 0 Å². The topological polar surface area (TPSA) is 38.8 Å². The molecule has 1 fully saturated rings. The third kappa shape index (κ3) is 3.69. The number of carbonyl (C=O) groups is 1. The zero-order valence-electron chi connectivity index (χ0n) is 15.0. The molecule has 2 aliphatic rings. The summed E-state index contributed by atoms with van der Waals surface area (Å²) in [5, 5.41) is 0. The Labute approximate surface area is 154 Å². The fourth-order valence-electron chi connectivity index (χ4n) is 3.87. The van der Waals surface area contributed by atoms with Gasteiger partial charge in [-0.1, -0.05) is 49.2 Å². The number of rotatable bonds is 4. The van der Waals surface area contributed by atoms with Gasteiger partial charge >= 0.3 is 0 Å². The molecule has 0 radical (unpaired) electrons. The van der Waals surface area contributed by atoms with Gasteiger partial charge in [0, 0.05) is 25.4 Å². The molecule has 26 heavy (non-hydrogen) atoms. The van der Waals surface area contributed by atoms with Crippen LogP contribution in [0.5, 0.6) is 11.5 Å². The Balaban J connectivity index is 1.60. The molecule has 4 rings (SSSR count). The van der Waals surface area contributed by atoms with Crippen molar-refractivity contribution in [3.63, 3.8) is 0 Å². The molecule has 136 valence electrons. The zero-order chi connectivity index (χ0) is 17.8. The molecule has 0 saturated carbocycles. The number of likely N-dealkylation sites (tertiary alicyclic amines) is 1. The number of nitrogens with zero attached hydrogens (tertiary/aromatic N) is 1. The highest BCUT2D eigenvalue weighted by atomic mass is 16.7. The molecule has 0 unspecified atom stereocenters. The molecule has 1 atom stereocenters. The third-order valence-electron chi connectivity index (χ3n) is 5.34. The predicted octanol–water partition coefficient (Wildman–Crippen LogP) is 4.34. The highest BCUT2D eigenvalue weighted by molar-refractivity contribution is 5.78. The maximum atomic E-state index is 13.0.